The number of fused-ring (bicyclic) bond motifs is 1. The second-order valence-corrected chi connectivity index (χ2v) is 5.90. The van der Waals surface area contributed by atoms with Crippen molar-refractivity contribution in [1.82, 2.24) is 10.2 Å². The fourth-order valence-corrected chi connectivity index (χ4v) is 2.55. The Hall–Kier alpha value is -0.480. The minimum atomic E-state index is -0.386. The Bertz CT molecular complexity index is 264. The molecule has 1 amide bonds. The van der Waals surface area contributed by atoms with Crippen LogP contribution in [0.25, 0.3) is 0 Å². The number of likely N-dealkylation sites (tertiary alicyclic amines) is 1. The van der Waals surface area contributed by atoms with Crippen molar-refractivity contribution in [2.24, 2.45) is 11.8 Å². The lowest BCUT2D eigenvalue weighted by Gasteiger charge is -2.24. The van der Waals surface area contributed by atoms with Crippen LogP contribution >= 0.6 is 12.4 Å². The molecule has 4 nitrogen and oxygen atoms in total. The molecular formula is C12H23ClN2O2. The summed E-state index contributed by atoms with van der Waals surface area (Å²) in [5, 5.41) is 3.39. The van der Waals surface area contributed by atoms with Crippen LogP contribution in [0.4, 0.5) is 4.79 Å². The number of hydrogen-bond acceptors (Lipinski definition) is 3. The first kappa shape index (κ1) is 14.6. The lowest BCUT2D eigenvalue weighted by molar-refractivity contribution is 0.0285. The van der Waals surface area contributed by atoms with Crippen LogP contribution in [0.3, 0.4) is 0 Å². The molecule has 5 heteroatoms. The molecule has 0 aromatic heterocycles. The molecule has 2 aliphatic rings. The van der Waals surface area contributed by atoms with E-state index in [1.54, 1.807) is 0 Å². The average Bonchev–Trinajstić information content (AvgIpc) is 2.58. The second-order valence-electron chi connectivity index (χ2n) is 5.90. The monoisotopic (exact) mass is 262 g/mol. The van der Waals surface area contributed by atoms with Gasteiger partial charge in [-0.3, -0.25) is 0 Å². The molecule has 0 aliphatic carbocycles. The summed E-state index contributed by atoms with van der Waals surface area (Å²) in [6.07, 6.45) is 1.03. The van der Waals surface area contributed by atoms with E-state index in [2.05, 4.69) is 5.32 Å². The van der Waals surface area contributed by atoms with Gasteiger partial charge in [-0.15, -0.1) is 12.4 Å². The molecule has 2 aliphatic heterocycles. The summed E-state index contributed by atoms with van der Waals surface area (Å²) >= 11 is 0. The van der Waals surface area contributed by atoms with Gasteiger partial charge in [-0.05, 0) is 52.1 Å². The summed E-state index contributed by atoms with van der Waals surface area (Å²) in [7, 11) is 0. The van der Waals surface area contributed by atoms with Crippen LogP contribution in [0.5, 0.6) is 0 Å². The number of carbonyl (C=O) groups excluding carboxylic acids is 1. The molecule has 0 spiro atoms. The molecule has 2 rings (SSSR count). The van der Waals surface area contributed by atoms with Crippen molar-refractivity contribution in [1.29, 1.82) is 0 Å². The first-order valence-electron chi connectivity index (χ1n) is 6.14. The maximum Gasteiger partial charge on any atom is 0.410 e. The number of nitrogens with one attached hydrogen (secondary N) is 1. The van der Waals surface area contributed by atoms with Gasteiger partial charge in [-0.1, -0.05) is 0 Å². The van der Waals surface area contributed by atoms with Gasteiger partial charge in [0.25, 0.3) is 0 Å². The maximum atomic E-state index is 11.9. The van der Waals surface area contributed by atoms with E-state index < -0.39 is 0 Å². The van der Waals surface area contributed by atoms with Crippen LogP contribution in [0.2, 0.25) is 0 Å². The van der Waals surface area contributed by atoms with Crippen molar-refractivity contribution in [2.75, 3.05) is 26.2 Å². The number of carbonyl (C=O) groups is 1. The molecular weight excluding hydrogens is 240 g/mol. The SMILES string of the molecule is CC(C)(C)OC(=O)N1CC2CCNCC2C1.Cl. The van der Waals surface area contributed by atoms with E-state index >= 15 is 0 Å². The lowest BCUT2D eigenvalue weighted by Crippen LogP contribution is -2.36. The summed E-state index contributed by atoms with van der Waals surface area (Å²) in [5.41, 5.74) is -0.386. The second kappa shape index (κ2) is 5.44. The molecule has 0 aromatic carbocycles. The van der Waals surface area contributed by atoms with Crippen LogP contribution < -0.4 is 5.32 Å². The van der Waals surface area contributed by atoms with Gasteiger partial charge in [-0.25, -0.2) is 4.79 Å². The Labute approximate surface area is 109 Å². The third-order valence-electron chi connectivity index (χ3n) is 3.33. The van der Waals surface area contributed by atoms with E-state index in [0.29, 0.717) is 11.8 Å². The Morgan fingerprint density at radius 2 is 1.94 bits per heavy atom. The van der Waals surface area contributed by atoms with Gasteiger partial charge < -0.3 is 15.0 Å². The molecule has 1 N–H and O–H groups in total. The van der Waals surface area contributed by atoms with E-state index in [-0.39, 0.29) is 24.1 Å². The summed E-state index contributed by atoms with van der Waals surface area (Å²) in [5.74, 6) is 1.30. The fraction of sp³-hybridized carbons (Fsp3) is 0.917. The van der Waals surface area contributed by atoms with Gasteiger partial charge >= 0.3 is 6.09 Å². The minimum Gasteiger partial charge on any atom is -0.444 e. The molecule has 2 heterocycles. The highest BCUT2D eigenvalue weighted by atomic mass is 35.5. The van der Waals surface area contributed by atoms with Gasteiger partial charge in [0.1, 0.15) is 5.60 Å². The summed E-state index contributed by atoms with van der Waals surface area (Å²) in [6, 6.07) is 0. The van der Waals surface area contributed by atoms with Crippen LogP contribution in [-0.2, 0) is 4.74 Å². The third kappa shape index (κ3) is 3.75. The molecule has 0 aromatic rings. The highest BCUT2D eigenvalue weighted by molar-refractivity contribution is 5.85. The molecule has 2 fully saturated rings. The first-order valence-corrected chi connectivity index (χ1v) is 6.14. The molecule has 2 saturated heterocycles. The molecule has 0 saturated carbocycles. The Morgan fingerprint density at radius 3 is 2.53 bits per heavy atom. The quantitative estimate of drug-likeness (QED) is 0.725. The van der Waals surface area contributed by atoms with Gasteiger partial charge in [0.05, 0.1) is 0 Å². The zero-order valence-electron chi connectivity index (χ0n) is 10.9. The van der Waals surface area contributed by atoms with E-state index in [1.807, 2.05) is 25.7 Å². The van der Waals surface area contributed by atoms with E-state index in [4.69, 9.17) is 4.74 Å². The van der Waals surface area contributed by atoms with E-state index in [0.717, 1.165) is 26.2 Å². The predicted octanol–water partition coefficient (Wildman–Crippen LogP) is 1.88. The summed E-state index contributed by atoms with van der Waals surface area (Å²) in [4.78, 5) is 13.8. The predicted molar refractivity (Wildman–Crippen MR) is 69.5 cm³/mol. The van der Waals surface area contributed by atoms with E-state index in [1.165, 1.54) is 6.42 Å². The van der Waals surface area contributed by atoms with Gasteiger partial charge in [0.2, 0.25) is 0 Å². The number of halogens is 1. The van der Waals surface area contributed by atoms with Crippen LogP contribution in [0.1, 0.15) is 27.2 Å². The largest absolute Gasteiger partial charge is 0.444 e. The zero-order valence-corrected chi connectivity index (χ0v) is 11.7. The molecule has 0 bridgehead atoms. The van der Waals surface area contributed by atoms with Gasteiger partial charge in [0.15, 0.2) is 0 Å². The highest BCUT2D eigenvalue weighted by Gasteiger charge is 2.37. The van der Waals surface area contributed by atoms with Gasteiger partial charge in [-0.2, -0.15) is 0 Å². The minimum absolute atomic E-state index is 0. The zero-order chi connectivity index (χ0) is 11.8. The number of hydrogen-bond donors (Lipinski definition) is 1. The van der Waals surface area contributed by atoms with E-state index in [9.17, 15) is 4.79 Å². The summed E-state index contributed by atoms with van der Waals surface area (Å²) < 4.78 is 5.39. The first-order chi connectivity index (χ1) is 7.46. The Balaban J connectivity index is 0.00000144. The normalized spacial score (nSPS) is 28.3. The van der Waals surface area contributed by atoms with Crippen LogP contribution in [0, 0.1) is 11.8 Å². The topological polar surface area (TPSA) is 41.6 Å². The molecule has 2 atom stereocenters. The molecule has 100 valence electrons. The number of piperidine rings is 1. The van der Waals surface area contributed by atoms with Crippen molar-refractivity contribution in [2.45, 2.75) is 32.8 Å². The number of nitrogens with zero attached hydrogens (tertiary/aromatic N) is 1. The van der Waals surface area contributed by atoms with Crippen molar-refractivity contribution < 1.29 is 9.53 Å². The Kier molecular flexibility index (Phi) is 4.67. The van der Waals surface area contributed by atoms with Gasteiger partial charge in [0, 0.05) is 13.1 Å². The summed E-state index contributed by atoms with van der Waals surface area (Å²) in [6.45, 7) is 9.60. The molecule has 2 unspecified atom stereocenters. The standard InChI is InChI=1S/C12H22N2O2.ClH/c1-12(2,3)16-11(15)14-7-9-4-5-13-6-10(9)8-14;/h9-10,13H,4-8H2,1-3H3;1H. The van der Waals surface area contributed by atoms with Crippen LogP contribution in [-0.4, -0.2) is 42.8 Å². The Morgan fingerprint density at radius 1 is 1.29 bits per heavy atom. The molecule has 0 radical (unpaired) electrons. The third-order valence-corrected chi connectivity index (χ3v) is 3.33. The smallest absolute Gasteiger partial charge is 0.410 e. The highest BCUT2D eigenvalue weighted by Crippen LogP contribution is 2.28. The maximum absolute atomic E-state index is 11.9. The van der Waals surface area contributed by atoms with Crippen LogP contribution in [0.15, 0.2) is 0 Å². The van der Waals surface area contributed by atoms with Crippen molar-refractivity contribution >= 4 is 18.5 Å². The van der Waals surface area contributed by atoms with Crippen molar-refractivity contribution in [3.8, 4) is 0 Å². The number of ether oxygens (including phenoxy) is 1. The molecule has 17 heavy (non-hydrogen) atoms. The van der Waals surface area contributed by atoms with Crippen molar-refractivity contribution in [3.63, 3.8) is 0 Å². The lowest BCUT2D eigenvalue weighted by atomic mass is 9.90. The average molecular weight is 263 g/mol. The number of amides is 1. The van der Waals surface area contributed by atoms with Crippen molar-refractivity contribution in [3.05, 3.63) is 0 Å². The fourth-order valence-electron chi connectivity index (χ4n) is 2.55. The number of rotatable bonds is 0.